The maximum atomic E-state index is 11.9. The smallest absolute Gasteiger partial charge is 0.321 e. The van der Waals surface area contributed by atoms with Gasteiger partial charge in [0.1, 0.15) is 23.0 Å². The molecule has 1 heterocycles. The highest BCUT2D eigenvalue weighted by molar-refractivity contribution is 7.99. The molecule has 0 saturated carbocycles. The van der Waals surface area contributed by atoms with Gasteiger partial charge in [-0.05, 0) is 42.5 Å². The number of aromatic nitrogens is 2. The topological polar surface area (TPSA) is 83.7 Å². The molecule has 8 heteroatoms. The van der Waals surface area contributed by atoms with Crippen molar-refractivity contribution in [2.24, 2.45) is 0 Å². The van der Waals surface area contributed by atoms with E-state index in [0.29, 0.717) is 23.1 Å². The van der Waals surface area contributed by atoms with E-state index in [0.717, 1.165) is 17.3 Å². The third-order valence-electron chi connectivity index (χ3n) is 3.33. The number of thioether (sulfide) groups is 1. The molecule has 3 aromatic rings. The van der Waals surface area contributed by atoms with Crippen molar-refractivity contribution in [3.63, 3.8) is 0 Å². The number of esters is 1. The maximum Gasteiger partial charge on any atom is 0.321 e. The number of carbonyl (C=O) groups is 1. The van der Waals surface area contributed by atoms with Crippen LogP contribution in [-0.2, 0) is 4.79 Å². The molecule has 0 aliphatic carbocycles. The number of carbonyl (C=O) groups excluding carboxylic acids is 1. The molecule has 0 saturated heterocycles. The second kappa shape index (κ2) is 8.39. The standard InChI is InChI=1S/C18H16N2O5S/c1-22-13-6-8-14(9-7-13)24-16(21)11-26-18-20-19-17(25-18)12-4-3-5-15(10-12)23-2/h3-10H,11H2,1-2H3. The van der Waals surface area contributed by atoms with Crippen LogP contribution in [0.4, 0.5) is 0 Å². The fourth-order valence-corrected chi connectivity index (χ4v) is 2.60. The molecule has 1 aromatic heterocycles. The van der Waals surface area contributed by atoms with Crippen LogP contribution in [0.25, 0.3) is 11.5 Å². The van der Waals surface area contributed by atoms with Gasteiger partial charge in [-0.15, -0.1) is 10.2 Å². The van der Waals surface area contributed by atoms with E-state index in [1.165, 1.54) is 0 Å². The fourth-order valence-electron chi connectivity index (χ4n) is 2.07. The SMILES string of the molecule is COc1ccc(OC(=O)CSc2nnc(-c3cccc(OC)c3)o2)cc1. The molecule has 0 spiro atoms. The van der Waals surface area contributed by atoms with Crippen LogP contribution in [-0.4, -0.2) is 36.1 Å². The van der Waals surface area contributed by atoms with Crippen molar-refractivity contribution in [1.29, 1.82) is 0 Å². The van der Waals surface area contributed by atoms with E-state index in [1.807, 2.05) is 18.2 Å². The zero-order valence-electron chi connectivity index (χ0n) is 14.2. The third kappa shape index (κ3) is 4.54. The Morgan fingerprint density at radius 3 is 2.46 bits per heavy atom. The summed E-state index contributed by atoms with van der Waals surface area (Å²) in [5.41, 5.74) is 0.740. The summed E-state index contributed by atoms with van der Waals surface area (Å²) in [5.74, 6) is 1.81. The largest absolute Gasteiger partial charge is 0.497 e. The first-order valence-electron chi connectivity index (χ1n) is 7.63. The molecule has 0 fully saturated rings. The fraction of sp³-hybridized carbons (Fsp3) is 0.167. The van der Waals surface area contributed by atoms with Crippen LogP contribution in [0, 0.1) is 0 Å². The molecule has 0 aliphatic heterocycles. The predicted octanol–water partition coefficient (Wildman–Crippen LogP) is 3.45. The first kappa shape index (κ1) is 17.8. The molecule has 3 rings (SSSR count). The van der Waals surface area contributed by atoms with Crippen LogP contribution >= 0.6 is 11.8 Å². The van der Waals surface area contributed by atoms with Crippen LogP contribution in [0.2, 0.25) is 0 Å². The number of nitrogens with zero attached hydrogens (tertiary/aromatic N) is 2. The Labute approximate surface area is 154 Å². The second-order valence-corrected chi connectivity index (χ2v) is 5.97. The van der Waals surface area contributed by atoms with E-state index in [2.05, 4.69) is 10.2 Å². The van der Waals surface area contributed by atoms with Gasteiger partial charge in [-0.1, -0.05) is 17.8 Å². The van der Waals surface area contributed by atoms with Gasteiger partial charge in [-0.2, -0.15) is 0 Å². The summed E-state index contributed by atoms with van der Waals surface area (Å²) in [5, 5.41) is 8.20. The second-order valence-electron chi connectivity index (χ2n) is 5.04. The van der Waals surface area contributed by atoms with E-state index in [9.17, 15) is 4.79 Å². The van der Waals surface area contributed by atoms with E-state index in [1.54, 1.807) is 44.6 Å². The van der Waals surface area contributed by atoms with Crippen molar-refractivity contribution in [3.8, 4) is 28.7 Å². The Bertz CT molecular complexity index is 879. The van der Waals surface area contributed by atoms with Crippen molar-refractivity contribution in [1.82, 2.24) is 10.2 Å². The van der Waals surface area contributed by atoms with Gasteiger partial charge >= 0.3 is 5.97 Å². The van der Waals surface area contributed by atoms with Crippen molar-refractivity contribution < 1.29 is 23.4 Å². The summed E-state index contributed by atoms with van der Waals surface area (Å²) in [6.07, 6.45) is 0. The van der Waals surface area contributed by atoms with Crippen molar-refractivity contribution in [3.05, 3.63) is 48.5 Å². The maximum absolute atomic E-state index is 11.9. The highest BCUT2D eigenvalue weighted by atomic mass is 32.2. The molecule has 0 atom stereocenters. The minimum absolute atomic E-state index is 0.0474. The van der Waals surface area contributed by atoms with Crippen molar-refractivity contribution in [2.75, 3.05) is 20.0 Å². The molecular formula is C18H16N2O5S. The normalized spacial score (nSPS) is 10.4. The molecule has 0 N–H and O–H groups in total. The summed E-state index contributed by atoms with van der Waals surface area (Å²) >= 11 is 1.11. The molecule has 0 amide bonds. The molecule has 134 valence electrons. The molecule has 0 aliphatic rings. The minimum Gasteiger partial charge on any atom is -0.497 e. The molecular weight excluding hydrogens is 356 g/mol. The van der Waals surface area contributed by atoms with Crippen molar-refractivity contribution >= 4 is 17.7 Å². The van der Waals surface area contributed by atoms with Gasteiger partial charge < -0.3 is 18.6 Å². The van der Waals surface area contributed by atoms with Crippen LogP contribution < -0.4 is 14.2 Å². The third-order valence-corrected chi connectivity index (χ3v) is 4.12. The van der Waals surface area contributed by atoms with Gasteiger partial charge in [0, 0.05) is 5.56 Å². The molecule has 7 nitrogen and oxygen atoms in total. The lowest BCUT2D eigenvalue weighted by atomic mass is 10.2. The lowest BCUT2D eigenvalue weighted by Gasteiger charge is -2.04. The van der Waals surface area contributed by atoms with Crippen LogP contribution in [0.1, 0.15) is 0 Å². The first-order chi connectivity index (χ1) is 12.7. The van der Waals surface area contributed by atoms with Gasteiger partial charge in [-0.3, -0.25) is 4.79 Å². The summed E-state index contributed by atoms with van der Waals surface area (Å²) in [4.78, 5) is 11.9. The van der Waals surface area contributed by atoms with Gasteiger partial charge in [0.2, 0.25) is 5.89 Å². The lowest BCUT2D eigenvalue weighted by molar-refractivity contribution is -0.131. The molecule has 0 radical (unpaired) electrons. The van der Waals surface area contributed by atoms with Gasteiger partial charge in [-0.25, -0.2) is 0 Å². The van der Waals surface area contributed by atoms with Gasteiger partial charge in [0.25, 0.3) is 5.22 Å². The molecule has 2 aromatic carbocycles. The monoisotopic (exact) mass is 372 g/mol. The summed E-state index contributed by atoms with van der Waals surface area (Å²) in [6.45, 7) is 0. The highest BCUT2D eigenvalue weighted by Gasteiger charge is 2.13. The van der Waals surface area contributed by atoms with E-state index in [4.69, 9.17) is 18.6 Å². The number of rotatable bonds is 7. The van der Waals surface area contributed by atoms with Gasteiger partial charge in [0.05, 0.1) is 14.2 Å². The summed E-state index contributed by atoms with van der Waals surface area (Å²) < 4.78 is 21.0. The zero-order chi connectivity index (χ0) is 18.4. The van der Waals surface area contributed by atoms with E-state index in [-0.39, 0.29) is 11.0 Å². The molecule has 0 bridgehead atoms. The Morgan fingerprint density at radius 1 is 1.00 bits per heavy atom. The summed E-state index contributed by atoms with van der Waals surface area (Å²) in [7, 11) is 3.16. The average molecular weight is 372 g/mol. The predicted molar refractivity (Wildman–Crippen MR) is 95.6 cm³/mol. The Morgan fingerprint density at radius 2 is 1.73 bits per heavy atom. The van der Waals surface area contributed by atoms with E-state index < -0.39 is 5.97 Å². The van der Waals surface area contributed by atoms with Crippen molar-refractivity contribution in [2.45, 2.75) is 5.22 Å². The average Bonchev–Trinajstić information content (AvgIpc) is 3.16. The Kier molecular flexibility index (Phi) is 5.75. The number of hydrogen-bond donors (Lipinski definition) is 0. The molecule has 26 heavy (non-hydrogen) atoms. The van der Waals surface area contributed by atoms with Crippen LogP contribution in [0.15, 0.2) is 58.2 Å². The van der Waals surface area contributed by atoms with Crippen LogP contribution in [0.5, 0.6) is 17.2 Å². The Balaban J connectivity index is 1.56. The van der Waals surface area contributed by atoms with E-state index >= 15 is 0 Å². The molecule has 0 unspecified atom stereocenters. The Hall–Kier alpha value is -3.00. The summed E-state index contributed by atoms with van der Waals surface area (Å²) in [6, 6.07) is 14.0. The highest BCUT2D eigenvalue weighted by Crippen LogP contribution is 2.26. The zero-order valence-corrected chi connectivity index (χ0v) is 15.0. The minimum atomic E-state index is -0.415. The van der Waals surface area contributed by atoms with Crippen LogP contribution in [0.3, 0.4) is 0 Å². The number of benzene rings is 2. The quantitative estimate of drug-likeness (QED) is 0.354. The van der Waals surface area contributed by atoms with Gasteiger partial charge in [0.15, 0.2) is 0 Å². The number of ether oxygens (including phenoxy) is 3. The number of hydrogen-bond acceptors (Lipinski definition) is 8. The first-order valence-corrected chi connectivity index (χ1v) is 8.62. The lowest BCUT2D eigenvalue weighted by Crippen LogP contribution is -2.10. The number of methoxy groups -OCH3 is 2.